The van der Waals surface area contributed by atoms with Gasteiger partial charge in [-0.25, -0.2) is 0 Å². The molecular weight excluding hydrogens is 380 g/mol. The van der Waals surface area contributed by atoms with Crippen LogP contribution in [-0.4, -0.2) is 25.0 Å². The van der Waals surface area contributed by atoms with Crippen molar-refractivity contribution in [1.82, 2.24) is 10.9 Å². The van der Waals surface area contributed by atoms with Crippen molar-refractivity contribution in [3.63, 3.8) is 0 Å². The first-order valence-corrected chi connectivity index (χ1v) is 10.1. The fourth-order valence-electron chi connectivity index (χ4n) is 2.85. The van der Waals surface area contributed by atoms with Gasteiger partial charge >= 0.3 is 0 Å². The monoisotopic (exact) mass is 412 g/mol. The number of hydrazine groups is 1. The quantitative estimate of drug-likeness (QED) is 0.669. The summed E-state index contributed by atoms with van der Waals surface area (Å²) in [5, 5.41) is 0. The van der Waals surface area contributed by atoms with E-state index in [1.54, 1.807) is 18.2 Å². The van der Waals surface area contributed by atoms with E-state index >= 15 is 0 Å². The number of hydrogen-bond donors (Lipinski definition) is 2. The lowest BCUT2D eigenvalue weighted by Gasteiger charge is -2.19. The molecule has 162 valence electrons. The summed E-state index contributed by atoms with van der Waals surface area (Å²) in [6.45, 7) is 10.3. The number of methoxy groups -OCH3 is 1. The second-order valence-corrected chi connectivity index (χ2v) is 8.48. The Balaban J connectivity index is 1.86. The van der Waals surface area contributed by atoms with Crippen LogP contribution in [0.2, 0.25) is 0 Å². The van der Waals surface area contributed by atoms with E-state index in [2.05, 4.69) is 43.8 Å². The van der Waals surface area contributed by atoms with Crippen molar-refractivity contribution in [2.75, 3.05) is 7.11 Å². The van der Waals surface area contributed by atoms with E-state index in [0.717, 1.165) is 5.56 Å². The van der Waals surface area contributed by atoms with Crippen molar-refractivity contribution in [1.29, 1.82) is 0 Å². The number of amides is 2. The molecule has 0 aliphatic heterocycles. The molecule has 2 N–H and O–H groups in total. The van der Waals surface area contributed by atoms with Crippen molar-refractivity contribution in [2.45, 2.75) is 59.0 Å². The van der Waals surface area contributed by atoms with Gasteiger partial charge < -0.3 is 9.47 Å². The highest BCUT2D eigenvalue weighted by Gasteiger charge is 2.14. The minimum absolute atomic E-state index is 0.0115. The lowest BCUT2D eigenvalue weighted by Crippen LogP contribution is -2.41. The zero-order chi connectivity index (χ0) is 22.3. The Kier molecular flexibility index (Phi) is 7.86. The highest BCUT2D eigenvalue weighted by atomic mass is 16.5. The lowest BCUT2D eigenvalue weighted by molar-refractivity contribution is -0.121. The molecule has 0 aliphatic carbocycles. The van der Waals surface area contributed by atoms with E-state index in [9.17, 15) is 9.59 Å². The van der Waals surface area contributed by atoms with E-state index in [4.69, 9.17) is 9.47 Å². The average Bonchev–Trinajstić information content (AvgIpc) is 2.70. The van der Waals surface area contributed by atoms with Gasteiger partial charge in [0.15, 0.2) is 11.5 Å². The molecule has 6 heteroatoms. The molecule has 0 radical (unpaired) electrons. The lowest BCUT2D eigenvalue weighted by atomic mass is 9.86. The van der Waals surface area contributed by atoms with Crippen LogP contribution in [-0.2, 0) is 16.6 Å². The Labute approximate surface area is 178 Å². The molecule has 0 fully saturated rings. The Morgan fingerprint density at radius 2 is 1.63 bits per heavy atom. The first kappa shape index (κ1) is 23.3. The van der Waals surface area contributed by atoms with Gasteiger partial charge in [0.1, 0.15) is 0 Å². The van der Waals surface area contributed by atoms with E-state index in [0.29, 0.717) is 23.5 Å². The minimum atomic E-state index is -0.424. The highest BCUT2D eigenvalue weighted by Crippen LogP contribution is 2.29. The Morgan fingerprint density at radius 3 is 2.20 bits per heavy atom. The third kappa shape index (κ3) is 6.79. The smallest absolute Gasteiger partial charge is 0.269 e. The van der Waals surface area contributed by atoms with Gasteiger partial charge in [0.2, 0.25) is 5.91 Å². The summed E-state index contributed by atoms with van der Waals surface area (Å²) >= 11 is 0. The van der Waals surface area contributed by atoms with Crippen LogP contribution in [0.25, 0.3) is 0 Å². The topological polar surface area (TPSA) is 76.7 Å². The van der Waals surface area contributed by atoms with Crippen LogP contribution in [0.15, 0.2) is 42.5 Å². The predicted octanol–water partition coefficient (Wildman–Crippen LogP) is 4.17. The number of aryl methyl sites for hydroxylation is 1. The maximum Gasteiger partial charge on any atom is 0.269 e. The summed E-state index contributed by atoms with van der Waals surface area (Å²) < 4.78 is 10.9. The fourth-order valence-corrected chi connectivity index (χ4v) is 2.85. The summed E-state index contributed by atoms with van der Waals surface area (Å²) in [5.74, 6) is 0.342. The minimum Gasteiger partial charge on any atom is -0.493 e. The van der Waals surface area contributed by atoms with Gasteiger partial charge in [-0.05, 0) is 55.0 Å². The molecule has 30 heavy (non-hydrogen) atoms. The van der Waals surface area contributed by atoms with Crippen LogP contribution in [0, 0.1) is 0 Å². The molecule has 2 amide bonds. The van der Waals surface area contributed by atoms with E-state index in [1.165, 1.54) is 12.7 Å². The van der Waals surface area contributed by atoms with Crippen LogP contribution in [0.3, 0.4) is 0 Å². The van der Waals surface area contributed by atoms with Crippen molar-refractivity contribution >= 4 is 11.8 Å². The van der Waals surface area contributed by atoms with Crippen LogP contribution < -0.4 is 20.3 Å². The number of ether oxygens (including phenoxy) is 2. The Hall–Kier alpha value is -3.02. The molecule has 0 bridgehead atoms. The van der Waals surface area contributed by atoms with Gasteiger partial charge in [-0.2, -0.15) is 0 Å². The molecule has 2 aromatic carbocycles. The number of nitrogens with one attached hydrogen (secondary N) is 2. The molecule has 0 saturated heterocycles. The summed E-state index contributed by atoms with van der Waals surface area (Å²) in [6, 6.07) is 13.1. The van der Waals surface area contributed by atoms with Gasteiger partial charge in [0.05, 0.1) is 13.2 Å². The molecule has 0 heterocycles. The predicted molar refractivity (Wildman–Crippen MR) is 118 cm³/mol. The standard InChI is InChI=1S/C24H32N2O4/c1-16(2)30-20-13-10-18(15-21(20)29-6)23(28)26-25-22(27)14-9-17-7-11-19(12-8-17)24(3,4)5/h7-8,10-13,15-16H,9,14H2,1-6H3,(H,25,27)(H,26,28). The van der Waals surface area contributed by atoms with Crippen molar-refractivity contribution in [2.24, 2.45) is 0 Å². The third-order valence-electron chi connectivity index (χ3n) is 4.56. The SMILES string of the molecule is COc1cc(C(=O)NNC(=O)CCc2ccc(C(C)(C)C)cc2)ccc1OC(C)C. The number of carbonyl (C=O) groups is 2. The number of hydrogen-bond acceptors (Lipinski definition) is 4. The van der Waals surface area contributed by atoms with Crippen LogP contribution in [0.1, 0.15) is 62.5 Å². The molecule has 0 atom stereocenters. The molecule has 2 aromatic rings. The summed E-state index contributed by atoms with van der Waals surface area (Å²) in [5.41, 5.74) is 7.69. The molecule has 0 aliphatic rings. The molecular formula is C24H32N2O4. The summed E-state index contributed by atoms with van der Waals surface area (Å²) in [6.07, 6.45) is 0.864. The van der Waals surface area contributed by atoms with Gasteiger partial charge in [-0.15, -0.1) is 0 Å². The van der Waals surface area contributed by atoms with Crippen LogP contribution >= 0.6 is 0 Å². The molecule has 0 saturated carbocycles. The largest absolute Gasteiger partial charge is 0.493 e. The van der Waals surface area contributed by atoms with Gasteiger partial charge in [0, 0.05) is 12.0 Å². The third-order valence-corrected chi connectivity index (χ3v) is 4.56. The number of carbonyl (C=O) groups excluding carboxylic acids is 2. The van der Waals surface area contributed by atoms with Crippen molar-refractivity contribution in [3.8, 4) is 11.5 Å². The molecule has 6 nitrogen and oxygen atoms in total. The zero-order valence-corrected chi connectivity index (χ0v) is 18.7. The van der Waals surface area contributed by atoms with E-state index in [-0.39, 0.29) is 23.8 Å². The Bertz CT molecular complexity index is 868. The van der Waals surface area contributed by atoms with Crippen LogP contribution in [0.4, 0.5) is 0 Å². The maximum absolute atomic E-state index is 12.3. The summed E-state index contributed by atoms with van der Waals surface area (Å²) in [7, 11) is 1.51. The van der Waals surface area contributed by atoms with Crippen LogP contribution in [0.5, 0.6) is 11.5 Å². The average molecular weight is 413 g/mol. The molecule has 0 aromatic heterocycles. The van der Waals surface area contributed by atoms with Gasteiger partial charge in [-0.1, -0.05) is 45.0 Å². The highest BCUT2D eigenvalue weighted by molar-refractivity contribution is 5.96. The second kappa shape index (κ2) is 10.1. The normalized spacial score (nSPS) is 11.2. The number of rotatable bonds is 7. The van der Waals surface area contributed by atoms with Crippen molar-refractivity contribution < 1.29 is 19.1 Å². The zero-order valence-electron chi connectivity index (χ0n) is 18.7. The first-order chi connectivity index (χ1) is 14.1. The molecule has 0 unspecified atom stereocenters. The van der Waals surface area contributed by atoms with Crippen molar-refractivity contribution in [3.05, 3.63) is 59.2 Å². The fraction of sp³-hybridized carbons (Fsp3) is 0.417. The second-order valence-electron chi connectivity index (χ2n) is 8.48. The van der Waals surface area contributed by atoms with Gasteiger partial charge in [-0.3, -0.25) is 20.4 Å². The summed E-state index contributed by atoms with van der Waals surface area (Å²) in [4.78, 5) is 24.4. The Morgan fingerprint density at radius 1 is 0.967 bits per heavy atom. The molecule has 0 spiro atoms. The maximum atomic E-state index is 12.3. The van der Waals surface area contributed by atoms with E-state index < -0.39 is 5.91 Å². The first-order valence-electron chi connectivity index (χ1n) is 10.1. The van der Waals surface area contributed by atoms with E-state index in [1.807, 2.05) is 26.0 Å². The molecule has 2 rings (SSSR count). The number of benzene rings is 2. The van der Waals surface area contributed by atoms with Gasteiger partial charge in [0.25, 0.3) is 5.91 Å².